The van der Waals surface area contributed by atoms with Crippen molar-refractivity contribution in [2.45, 2.75) is 45.1 Å². The lowest BCUT2D eigenvalue weighted by Gasteiger charge is -2.19. The topological polar surface area (TPSA) is 117 Å². The van der Waals surface area contributed by atoms with Crippen molar-refractivity contribution in [3.63, 3.8) is 0 Å². The molecule has 0 aliphatic heterocycles. The Morgan fingerprint density at radius 3 is 2.49 bits per heavy atom. The molecule has 37 heavy (non-hydrogen) atoms. The standard InChI is InChI=1S/C27H34N6O3Si/c1-6-15-32-25(34)23-18-29-26(30-21-12-10-20(11-13-21)28-14-16-37(4,5)36)31-24(23)33(32)22-9-7-8-19(17-22)27(2,3)35/h6-13,17-18,28,35-36H,1,14-16H2,2-5H3,(H,29,30,31). The van der Waals surface area contributed by atoms with E-state index in [1.54, 1.807) is 29.3 Å². The number of aromatic nitrogens is 4. The molecule has 0 saturated heterocycles. The maximum absolute atomic E-state index is 13.2. The normalized spacial score (nSPS) is 12.1. The van der Waals surface area contributed by atoms with Crippen LogP contribution in [-0.2, 0) is 12.1 Å². The highest BCUT2D eigenvalue weighted by Gasteiger charge is 2.20. The number of anilines is 3. The molecule has 0 spiro atoms. The van der Waals surface area contributed by atoms with Crippen molar-refractivity contribution in [3.8, 4) is 5.69 Å². The van der Waals surface area contributed by atoms with Gasteiger partial charge in [-0.05, 0) is 74.9 Å². The minimum absolute atomic E-state index is 0.223. The van der Waals surface area contributed by atoms with Gasteiger partial charge in [0, 0.05) is 24.1 Å². The van der Waals surface area contributed by atoms with E-state index in [0.717, 1.165) is 29.5 Å². The van der Waals surface area contributed by atoms with E-state index in [9.17, 15) is 14.7 Å². The zero-order chi connectivity index (χ0) is 26.8. The molecule has 0 aliphatic carbocycles. The molecule has 2 aromatic carbocycles. The van der Waals surface area contributed by atoms with Crippen LogP contribution in [0.4, 0.5) is 17.3 Å². The van der Waals surface area contributed by atoms with Crippen LogP contribution in [0.5, 0.6) is 0 Å². The molecule has 2 aromatic heterocycles. The van der Waals surface area contributed by atoms with Crippen molar-refractivity contribution in [3.05, 3.63) is 83.3 Å². The number of benzene rings is 2. The molecule has 194 valence electrons. The van der Waals surface area contributed by atoms with E-state index in [1.807, 2.05) is 61.6 Å². The molecule has 0 saturated carbocycles. The Morgan fingerprint density at radius 1 is 1.14 bits per heavy atom. The quantitative estimate of drug-likeness (QED) is 0.182. The molecule has 0 atom stereocenters. The fraction of sp³-hybridized carbons (Fsp3) is 0.296. The third-order valence-corrected chi connectivity index (χ3v) is 7.46. The van der Waals surface area contributed by atoms with Crippen LogP contribution in [0.1, 0.15) is 19.4 Å². The largest absolute Gasteiger partial charge is 0.432 e. The monoisotopic (exact) mass is 518 g/mol. The molecule has 10 heteroatoms. The molecular formula is C27H34N6O3Si. The molecule has 0 unspecified atom stereocenters. The number of nitrogens with one attached hydrogen (secondary N) is 2. The Hall–Kier alpha value is -3.73. The molecule has 0 aliphatic rings. The Kier molecular flexibility index (Phi) is 7.35. The number of hydrogen-bond acceptors (Lipinski definition) is 7. The second-order valence-corrected chi connectivity index (χ2v) is 14.3. The summed E-state index contributed by atoms with van der Waals surface area (Å²) in [4.78, 5) is 32.2. The maximum atomic E-state index is 13.2. The third-order valence-electron chi connectivity index (χ3n) is 5.98. The van der Waals surface area contributed by atoms with E-state index in [2.05, 4.69) is 27.2 Å². The van der Waals surface area contributed by atoms with Gasteiger partial charge in [0.25, 0.3) is 5.56 Å². The number of fused-ring (bicyclic) bond motifs is 1. The first-order chi connectivity index (χ1) is 17.5. The lowest BCUT2D eigenvalue weighted by molar-refractivity contribution is 0.0786. The van der Waals surface area contributed by atoms with Crippen molar-refractivity contribution < 1.29 is 9.90 Å². The maximum Gasteiger partial charge on any atom is 0.278 e. The fourth-order valence-electron chi connectivity index (χ4n) is 3.97. The lowest BCUT2D eigenvalue weighted by atomic mass is 9.98. The van der Waals surface area contributed by atoms with Gasteiger partial charge in [-0.3, -0.25) is 4.79 Å². The van der Waals surface area contributed by atoms with Gasteiger partial charge in [-0.1, -0.05) is 18.2 Å². The molecule has 4 aromatic rings. The number of hydrogen-bond donors (Lipinski definition) is 4. The van der Waals surface area contributed by atoms with Crippen LogP contribution in [-0.4, -0.2) is 44.1 Å². The van der Waals surface area contributed by atoms with E-state index in [0.29, 0.717) is 22.7 Å². The Balaban J connectivity index is 1.67. The molecule has 0 amide bonds. The van der Waals surface area contributed by atoms with E-state index >= 15 is 0 Å². The predicted molar refractivity (Wildman–Crippen MR) is 151 cm³/mol. The molecule has 0 bridgehead atoms. The van der Waals surface area contributed by atoms with Crippen molar-refractivity contribution in [2.75, 3.05) is 17.2 Å². The molecule has 9 nitrogen and oxygen atoms in total. The minimum Gasteiger partial charge on any atom is -0.432 e. The average molecular weight is 519 g/mol. The van der Waals surface area contributed by atoms with Gasteiger partial charge in [0.15, 0.2) is 14.0 Å². The first kappa shape index (κ1) is 26.3. The SMILES string of the molecule is C=CCn1c(=O)c2cnc(Nc3ccc(NCC[Si](C)(C)O)cc3)nc2n1-c1cccc(C(C)(C)O)c1. The second-order valence-electron chi connectivity index (χ2n) is 10.2. The van der Waals surface area contributed by atoms with Gasteiger partial charge in [0.05, 0.1) is 17.8 Å². The van der Waals surface area contributed by atoms with Gasteiger partial charge in [0.1, 0.15) is 5.39 Å². The zero-order valence-electron chi connectivity index (χ0n) is 21.7. The Labute approximate surface area is 217 Å². The summed E-state index contributed by atoms with van der Waals surface area (Å²) in [6.45, 7) is 12.1. The van der Waals surface area contributed by atoms with Crippen LogP contribution in [0.3, 0.4) is 0 Å². The van der Waals surface area contributed by atoms with E-state index in [1.165, 1.54) is 6.20 Å². The number of rotatable bonds is 10. The van der Waals surface area contributed by atoms with Gasteiger partial charge in [-0.15, -0.1) is 6.58 Å². The van der Waals surface area contributed by atoms with Gasteiger partial charge in [0.2, 0.25) is 5.95 Å². The summed E-state index contributed by atoms with van der Waals surface area (Å²) in [5.74, 6) is 0.351. The van der Waals surface area contributed by atoms with Gasteiger partial charge in [-0.25, -0.2) is 14.3 Å². The summed E-state index contributed by atoms with van der Waals surface area (Å²) >= 11 is 0. The van der Waals surface area contributed by atoms with Gasteiger partial charge >= 0.3 is 0 Å². The molecule has 2 heterocycles. The van der Waals surface area contributed by atoms with Crippen LogP contribution < -0.4 is 16.2 Å². The summed E-state index contributed by atoms with van der Waals surface area (Å²) in [5.41, 5.74) is 2.36. The number of nitrogens with zero attached hydrogens (tertiary/aromatic N) is 4. The Morgan fingerprint density at radius 2 is 1.84 bits per heavy atom. The van der Waals surface area contributed by atoms with Crippen molar-refractivity contribution in [2.24, 2.45) is 0 Å². The highest BCUT2D eigenvalue weighted by atomic mass is 28.4. The lowest BCUT2D eigenvalue weighted by Crippen LogP contribution is -2.27. The van der Waals surface area contributed by atoms with Crippen LogP contribution in [0.25, 0.3) is 16.7 Å². The predicted octanol–water partition coefficient (Wildman–Crippen LogP) is 4.35. The molecular weight excluding hydrogens is 484 g/mol. The molecule has 4 rings (SSSR count). The first-order valence-electron chi connectivity index (χ1n) is 12.2. The van der Waals surface area contributed by atoms with E-state index in [4.69, 9.17) is 0 Å². The fourth-order valence-corrected chi connectivity index (χ4v) is 4.71. The van der Waals surface area contributed by atoms with Crippen LogP contribution in [0.2, 0.25) is 19.1 Å². The minimum atomic E-state index is -2.08. The van der Waals surface area contributed by atoms with Gasteiger partial charge < -0.3 is 20.5 Å². The highest BCUT2D eigenvalue weighted by molar-refractivity contribution is 6.69. The van der Waals surface area contributed by atoms with E-state index < -0.39 is 13.9 Å². The smallest absolute Gasteiger partial charge is 0.278 e. The Bertz CT molecular complexity index is 1460. The summed E-state index contributed by atoms with van der Waals surface area (Å²) < 4.78 is 3.29. The average Bonchev–Trinajstić information content (AvgIpc) is 3.10. The first-order valence-corrected chi connectivity index (χ1v) is 15.4. The van der Waals surface area contributed by atoms with Crippen LogP contribution in [0, 0.1) is 0 Å². The van der Waals surface area contributed by atoms with Crippen molar-refractivity contribution in [1.82, 2.24) is 19.3 Å². The highest BCUT2D eigenvalue weighted by Crippen LogP contribution is 2.25. The molecule has 0 radical (unpaired) electrons. The van der Waals surface area contributed by atoms with Gasteiger partial charge in [-0.2, -0.15) is 4.98 Å². The zero-order valence-corrected chi connectivity index (χ0v) is 22.7. The number of allylic oxidation sites excluding steroid dienone is 1. The summed E-state index contributed by atoms with van der Waals surface area (Å²) in [7, 11) is -2.08. The van der Waals surface area contributed by atoms with Crippen molar-refractivity contribution >= 4 is 36.7 Å². The van der Waals surface area contributed by atoms with Crippen LogP contribution >= 0.6 is 0 Å². The molecule has 0 fully saturated rings. The molecule has 4 N–H and O–H groups in total. The third kappa shape index (κ3) is 6.16. The summed E-state index contributed by atoms with van der Waals surface area (Å²) in [6.07, 6.45) is 3.18. The van der Waals surface area contributed by atoms with Crippen LogP contribution in [0.15, 0.2) is 72.2 Å². The summed E-state index contributed by atoms with van der Waals surface area (Å²) in [6, 6.07) is 15.9. The van der Waals surface area contributed by atoms with E-state index in [-0.39, 0.29) is 12.1 Å². The second kappa shape index (κ2) is 10.3. The van der Waals surface area contributed by atoms with Crippen molar-refractivity contribution in [1.29, 1.82) is 0 Å². The number of aliphatic hydroxyl groups is 1. The summed E-state index contributed by atoms with van der Waals surface area (Å²) in [5, 5.41) is 17.4.